The fraction of sp³-hybridized carbons (Fsp3) is 0.440. The van der Waals surface area contributed by atoms with Gasteiger partial charge in [-0.15, -0.1) is 0 Å². The van der Waals surface area contributed by atoms with Gasteiger partial charge < -0.3 is 10.0 Å². The van der Waals surface area contributed by atoms with Crippen molar-refractivity contribution in [3.8, 4) is 0 Å². The smallest absolute Gasteiger partial charge is 0.307 e. The van der Waals surface area contributed by atoms with Gasteiger partial charge in [0.2, 0.25) is 0 Å². The van der Waals surface area contributed by atoms with E-state index in [0.717, 1.165) is 65.0 Å². The van der Waals surface area contributed by atoms with Crippen LogP contribution in [0.3, 0.4) is 0 Å². The van der Waals surface area contributed by atoms with Crippen LogP contribution in [-0.2, 0) is 17.8 Å². The Morgan fingerprint density at radius 3 is 2.75 bits per heavy atom. The van der Waals surface area contributed by atoms with Crippen LogP contribution < -0.4 is 4.90 Å². The van der Waals surface area contributed by atoms with E-state index < -0.39 is 5.97 Å². The molecule has 2 heterocycles. The quantitative estimate of drug-likeness (QED) is 0.424. The number of halogens is 1. The van der Waals surface area contributed by atoms with Crippen molar-refractivity contribution in [3.05, 3.63) is 58.6 Å². The Bertz CT molecular complexity index is 1060. The summed E-state index contributed by atoms with van der Waals surface area (Å²) < 4.78 is 1.14. The van der Waals surface area contributed by atoms with Gasteiger partial charge in [-0.25, -0.2) is 4.98 Å². The van der Waals surface area contributed by atoms with Gasteiger partial charge >= 0.3 is 5.97 Å². The molecule has 0 aliphatic carbocycles. The van der Waals surface area contributed by atoms with Gasteiger partial charge in [0.15, 0.2) is 5.13 Å². The molecule has 2 aromatic carbocycles. The van der Waals surface area contributed by atoms with Crippen LogP contribution in [-0.4, -0.2) is 46.6 Å². The second kappa shape index (κ2) is 10.6. The summed E-state index contributed by atoms with van der Waals surface area (Å²) in [5, 5.41) is 11.0. The molecule has 5 nitrogen and oxygen atoms in total. The zero-order valence-corrected chi connectivity index (χ0v) is 20.0. The van der Waals surface area contributed by atoms with E-state index in [9.17, 15) is 4.79 Å². The van der Waals surface area contributed by atoms with E-state index in [1.165, 1.54) is 18.4 Å². The maximum absolute atomic E-state index is 11.1. The van der Waals surface area contributed by atoms with Gasteiger partial charge in [-0.05, 0) is 55.1 Å². The third kappa shape index (κ3) is 5.80. The highest BCUT2D eigenvalue weighted by Gasteiger charge is 2.26. The number of carboxylic acid groups (broad SMARTS) is 1. The number of aromatic nitrogens is 1. The predicted molar refractivity (Wildman–Crippen MR) is 133 cm³/mol. The first-order chi connectivity index (χ1) is 15.5. The van der Waals surface area contributed by atoms with E-state index in [1.807, 2.05) is 30.3 Å². The van der Waals surface area contributed by atoms with Crippen molar-refractivity contribution >= 4 is 44.3 Å². The number of piperidine rings is 1. The van der Waals surface area contributed by atoms with Gasteiger partial charge in [0.05, 0.1) is 16.6 Å². The van der Waals surface area contributed by atoms with Crippen LogP contribution in [0.4, 0.5) is 5.13 Å². The fourth-order valence-corrected chi connectivity index (χ4v) is 5.74. The van der Waals surface area contributed by atoms with E-state index in [-0.39, 0.29) is 6.42 Å². The van der Waals surface area contributed by atoms with E-state index in [0.29, 0.717) is 6.04 Å². The third-order valence-corrected chi connectivity index (χ3v) is 7.44. The number of aliphatic carboxylic acids is 1. The fourth-order valence-electron chi connectivity index (χ4n) is 4.44. The first-order valence-corrected chi connectivity index (χ1v) is 12.6. The highest BCUT2D eigenvalue weighted by molar-refractivity contribution is 7.22. The minimum atomic E-state index is -0.783. The molecule has 1 saturated heterocycles. The van der Waals surface area contributed by atoms with E-state index in [1.54, 1.807) is 11.3 Å². The topological polar surface area (TPSA) is 56.7 Å². The molecule has 3 aromatic rings. The standard InChI is InChI=1S/C25H30ClN3O2S/c1-2-3-11-29(17-19-6-4-5-18(14-19)15-24(30)31)21-9-12-28(13-10-21)25-27-22-8-7-20(26)16-23(22)32-25/h4-8,14,16,21H,2-3,9-13,15,17H2,1H3,(H,30,31). The molecule has 0 amide bonds. The summed E-state index contributed by atoms with van der Waals surface area (Å²) in [5.41, 5.74) is 3.09. The van der Waals surface area contributed by atoms with Gasteiger partial charge in [-0.3, -0.25) is 9.69 Å². The van der Waals surface area contributed by atoms with Gasteiger partial charge in [0.25, 0.3) is 0 Å². The van der Waals surface area contributed by atoms with Gasteiger partial charge in [0, 0.05) is 30.7 Å². The summed E-state index contributed by atoms with van der Waals surface area (Å²) in [7, 11) is 0. The average Bonchev–Trinajstić information content (AvgIpc) is 3.20. The monoisotopic (exact) mass is 471 g/mol. The maximum atomic E-state index is 11.1. The molecule has 7 heteroatoms. The van der Waals surface area contributed by atoms with Crippen molar-refractivity contribution in [2.75, 3.05) is 24.5 Å². The number of anilines is 1. The minimum Gasteiger partial charge on any atom is -0.481 e. The summed E-state index contributed by atoms with van der Waals surface area (Å²) in [6.45, 7) is 6.18. The molecule has 1 aromatic heterocycles. The first-order valence-electron chi connectivity index (χ1n) is 11.4. The summed E-state index contributed by atoms with van der Waals surface area (Å²) in [6.07, 6.45) is 4.63. The number of thiazole rings is 1. The summed E-state index contributed by atoms with van der Waals surface area (Å²) in [4.78, 5) is 20.9. The number of carboxylic acids is 1. The van der Waals surface area contributed by atoms with Crippen molar-refractivity contribution in [2.45, 2.75) is 51.6 Å². The summed E-state index contributed by atoms with van der Waals surface area (Å²) in [6, 6.07) is 14.5. The minimum absolute atomic E-state index is 0.0779. The van der Waals surface area contributed by atoms with Crippen molar-refractivity contribution in [3.63, 3.8) is 0 Å². The largest absolute Gasteiger partial charge is 0.481 e. The Kier molecular flexibility index (Phi) is 7.66. The zero-order chi connectivity index (χ0) is 22.5. The van der Waals surface area contributed by atoms with Crippen LogP contribution in [0.5, 0.6) is 0 Å². The number of unbranched alkanes of at least 4 members (excludes halogenated alkanes) is 1. The predicted octanol–water partition coefficient (Wildman–Crippen LogP) is 5.85. The molecule has 0 radical (unpaired) electrons. The lowest BCUT2D eigenvalue weighted by Crippen LogP contribution is -2.45. The number of benzene rings is 2. The molecule has 1 aliphatic heterocycles. The molecule has 0 saturated carbocycles. The van der Waals surface area contributed by atoms with Gasteiger partial charge in [-0.2, -0.15) is 0 Å². The molecule has 1 aliphatic rings. The van der Waals surface area contributed by atoms with Crippen LogP contribution in [0.25, 0.3) is 10.2 Å². The molecule has 0 bridgehead atoms. The third-order valence-electron chi connectivity index (χ3n) is 6.12. The Balaban J connectivity index is 1.41. The number of hydrogen-bond donors (Lipinski definition) is 1. The van der Waals surface area contributed by atoms with Crippen LogP contribution in [0, 0.1) is 0 Å². The molecule has 4 rings (SSSR count). The van der Waals surface area contributed by atoms with Crippen LogP contribution in [0.1, 0.15) is 43.7 Å². The van der Waals surface area contributed by atoms with Crippen molar-refractivity contribution in [1.29, 1.82) is 0 Å². The van der Waals surface area contributed by atoms with Gasteiger partial charge in [-0.1, -0.05) is 60.5 Å². The Labute approximate surface area is 198 Å². The van der Waals surface area contributed by atoms with Crippen LogP contribution in [0.15, 0.2) is 42.5 Å². The zero-order valence-electron chi connectivity index (χ0n) is 18.5. The molecular formula is C25H30ClN3O2S. The first kappa shape index (κ1) is 23.0. The lowest BCUT2D eigenvalue weighted by atomic mass is 10.0. The molecule has 0 spiro atoms. The van der Waals surface area contributed by atoms with Crippen molar-refractivity contribution in [2.24, 2.45) is 0 Å². The second-order valence-corrected chi connectivity index (χ2v) is 9.99. The van der Waals surface area contributed by atoms with Crippen LogP contribution >= 0.6 is 22.9 Å². The van der Waals surface area contributed by atoms with Crippen molar-refractivity contribution in [1.82, 2.24) is 9.88 Å². The van der Waals surface area contributed by atoms with E-state index >= 15 is 0 Å². The van der Waals surface area contributed by atoms with E-state index in [2.05, 4.69) is 28.9 Å². The maximum Gasteiger partial charge on any atom is 0.307 e. The molecule has 0 unspecified atom stereocenters. The molecule has 32 heavy (non-hydrogen) atoms. The lowest BCUT2D eigenvalue weighted by Gasteiger charge is -2.38. The molecule has 1 fully saturated rings. The Morgan fingerprint density at radius 2 is 2.00 bits per heavy atom. The summed E-state index contributed by atoms with van der Waals surface area (Å²) in [5.74, 6) is -0.783. The normalized spacial score (nSPS) is 15.0. The number of carbonyl (C=O) groups is 1. The number of fused-ring (bicyclic) bond motifs is 1. The molecule has 0 atom stereocenters. The number of hydrogen-bond acceptors (Lipinski definition) is 5. The second-order valence-electron chi connectivity index (χ2n) is 8.54. The highest BCUT2D eigenvalue weighted by Crippen LogP contribution is 2.33. The SMILES string of the molecule is CCCCN(Cc1cccc(CC(=O)O)c1)C1CCN(c2nc3ccc(Cl)cc3s2)CC1. The number of nitrogens with zero attached hydrogens (tertiary/aromatic N) is 3. The Morgan fingerprint density at radius 1 is 1.22 bits per heavy atom. The highest BCUT2D eigenvalue weighted by atomic mass is 35.5. The molecule has 170 valence electrons. The van der Waals surface area contributed by atoms with Gasteiger partial charge in [0.1, 0.15) is 0 Å². The van der Waals surface area contributed by atoms with E-state index in [4.69, 9.17) is 21.7 Å². The van der Waals surface area contributed by atoms with Crippen LogP contribution in [0.2, 0.25) is 5.02 Å². The summed E-state index contributed by atoms with van der Waals surface area (Å²) >= 11 is 7.86. The average molecular weight is 472 g/mol. The lowest BCUT2D eigenvalue weighted by molar-refractivity contribution is -0.136. The number of rotatable bonds is 9. The molecule has 1 N–H and O–H groups in total. The Hall–Kier alpha value is -2.15. The molecular weight excluding hydrogens is 442 g/mol. The van der Waals surface area contributed by atoms with Crippen molar-refractivity contribution < 1.29 is 9.90 Å².